The highest BCUT2D eigenvalue weighted by Crippen LogP contribution is 2.36. The first-order valence-corrected chi connectivity index (χ1v) is 6.36. The van der Waals surface area contributed by atoms with E-state index in [-0.39, 0.29) is 6.09 Å². The van der Waals surface area contributed by atoms with Crippen LogP contribution >= 0.6 is 0 Å². The second kappa shape index (κ2) is 3.91. The number of carbonyl (C=O) groups is 1. The van der Waals surface area contributed by atoms with E-state index < -0.39 is 0 Å². The predicted molar refractivity (Wildman–Crippen MR) is 60.2 cm³/mol. The van der Waals surface area contributed by atoms with Gasteiger partial charge in [0.05, 0.1) is 6.04 Å². The Labute approximate surface area is 96.5 Å². The largest absolute Gasteiger partial charge is 0.447 e. The molecule has 2 bridgehead atoms. The van der Waals surface area contributed by atoms with E-state index in [4.69, 9.17) is 4.74 Å². The Balaban J connectivity index is 1.61. The van der Waals surface area contributed by atoms with Gasteiger partial charge >= 0.3 is 6.09 Å². The normalized spacial score (nSPS) is 42.6. The van der Waals surface area contributed by atoms with Gasteiger partial charge in [0, 0.05) is 13.6 Å². The zero-order chi connectivity index (χ0) is 11.1. The average molecular weight is 224 g/mol. The molecule has 0 aromatic rings. The summed E-state index contributed by atoms with van der Waals surface area (Å²) in [6, 6.07) is 0.318. The van der Waals surface area contributed by atoms with Crippen LogP contribution in [0, 0.1) is 11.8 Å². The van der Waals surface area contributed by atoms with E-state index in [1.165, 1.54) is 32.5 Å². The van der Waals surface area contributed by atoms with Crippen LogP contribution in [0.2, 0.25) is 0 Å². The van der Waals surface area contributed by atoms with Gasteiger partial charge in [0.1, 0.15) is 6.61 Å². The van der Waals surface area contributed by atoms with Crippen LogP contribution in [0.1, 0.15) is 19.3 Å². The van der Waals surface area contributed by atoms with Gasteiger partial charge in [0.25, 0.3) is 0 Å². The lowest BCUT2D eigenvalue weighted by Crippen LogP contribution is -2.49. The number of rotatable bonds is 2. The van der Waals surface area contributed by atoms with Crippen LogP contribution in [0.3, 0.4) is 0 Å². The van der Waals surface area contributed by atoms with Crippen LogP contribution in [-0.2, 0) is 4.74 Å². The maximum Gasteiger partial charge on any atom is 0.409 e. The number of likely N-dealkylation sites (N-methyl/N-ethyl adjacent to an activating group) is 1. The minimum absolute atomic E-state index is 0.147. The molecule has 4 nitrogen and oxygen atoms in total. The zero-order valence-corrected chi connectivity index (χ0v) is 9.89. The Kier molecular flexibility index (Phi) is 2.54. The molecule has 0 aromatic heterocycles. The fraction of sp³-hybridized carbons (Fsp3) is 0.917. The van der Waals surface area contributed by atoms with Gasteiger partial charge in [0.15, 0.2) is 0 Å². The maximum absolute atomic E-state index is 11.3. The molecule has 4 saturated heterocycles. The van der Waals surface area contributed by atoms with Gasteiger partial charge in [-0.2, -0.15) is 0 Å². The number of amides is 1. The third-order valence-corrected chi connectivity index (χ3v) is 4.60. The Morgan fingerprint density at radius 3 is 2.62 bits per heavy atom. The molecular formula is C12H20N2O2. The fourth-order valence-corrected chi connectivity index (χ4v) is 3.46. The molecule has 0 spiro atoms. The molecule has 4 heteroatoms. The Morgan fingerprint density at radius 2 is 2.12 bits per heavy atom. The summed E-state index contributed by atoms with van der Waals surface area (Å²) in [6.07, 6.45) is 3.70. The van der Waals surface area contributed by atoms with E-state index in [1.54, 1.807) is 4.90 Å². The van der Waals surface area contributed by atoms with Crippen molar-refractivity contribution in [3.8, 4) is 0 Å². The number of carbonyl (C=O) groups excluding carboxylic acids is 1. The van der Waals surface area contributed by atoms with Crippen molar-refractivity contribution < 1.29 is 9.53 Å². The van der Waals surface area contributed by atoms with Crippen molar-refractivity contribution in [2.24, 2.45) is 11.8 Å². The second-order valence-electron chi connectivity index (χ2n) is 5.48. The van der Waals surface area contributed by atoms with Gasteiger partial charge in [0.2, 0.25) is 0 Å². The number of nitrogens with zero attached hydrogens (tertiary/aromatic N) is 2. The summed E-state index contributed by atoms with van der Waals surface area (Å²) < 4.78 is 5.07. The number of hydrogen-bond donors (Lipinski definition) is 0. The first kappa shape index (κ1) is 10.4. The van der Waals surface area contributed by atoms with Crippen molar-refractivity contribution in [3.63, 3.8) is 0 Å². The summed E-state index contributed by atoms with van der Waals surface area (Å²) in [5.74, 6) is 1.68. The van der Waals surface area contributed by atoms with E-state index in [0.717, 1.165) is 18.3 Å². The summed E-state index contributed by atoms with van der Waals surface area (Å²) in [6.45, 7) is 4.41. The number of ether oxygens (including phenoxy) is 1. The van der Waals surface area contributed by atoms with Gasteiger partial charge in [-0.1, -0.05) is 0 Å². The van der Waals surface area contributed by atoms with Crippen LogP contribution in [0.15, 0.2) is 0 Å². The molecule has 0 saturated carbocycles. The minimum Gasteiger partial charge on any atom is -0.447 e. The molecular weight excluding hydrogens is 204 g/mol. The van der Waals surface area contributed by atoms with Crippen molar-refractivity contribution in [1.29, 1.82) is 0 Å². The monoisotopic (exact) mass is 224 g/mol. The van der Waals surface area contributed by atoms with E-state index in [9.17, 15) is 4.79 Å². The van der Waals surface area contributed by atoms with E-state index >= 15 is 0 Å². The lowest BCUT2D eigenvalue weighted by molar-refractivity contribution is 0.0371. The summed E-state index contributed by atoms with van der Waals surface area (Å²) in [5.41, 5.74) is 0. The lowest BCUT2D eigenvalue weighted by Gasteiger charge is -2.45. The van der Waals surface area contributed by atoms with Gasteiger partial charge in [-0.15, -0.1) is 0 Å². The van der Waals surface area contributed by atoms with Crippen molar-refractivity contribution >= 4 is 6.09 Å². The van der Waals surface area contributed by atoms with Crippen LogP contribution in [0.5, 0.6) is 0 Å². The maximum atomic E-state index is 11.3. The summed E-state index contributed by atoms with van der Waals surface area (Å²) in [7, 11) is 1.86. The molecule has 0 aromatic carbocycles. The minimum atomic E-state index is -0.147. The van der Waals surface area contributed by atoms with Gasteiger partial charge < -0.3 is 14.5 Å². The van der Waals surface area contributed by atoms with Crippen molar-refractivity contribution in [2.45, 2.75) is 25.3 Å². The summed E-state index contributed by atoms with van der Waals surface area (Å²) in [4.78, 5) is 15.6. The Morgan fingerprint density at radius 1 is 1.38 bits per heavy atom. The number of hydrogen-bond acceptors (Lipinski definition) is 3. The molecule has 90 valence electrons. The van der Waals surface area contributed by atoms with E-state index in [2.05, 4.69) is 4.90 Å². The van der Waals surface area contributed by atoms with Crippen molar-refractivity contribution in [3.05, 3.63) is 0 Å². The highest BCUT2D eigenvalue weighted by molar-refractivity contribution is 5.69. The smallest absolute Gasteiger partial charge is 0.409 e. The summed E-state index contributed by atoms with van der Waals surface area (Å²) in [5, 5.41) is 0. The number of piperidine rings is 3. The quantitative estimate of drug-likeness (QED) is 0.706. The molecule has 4 rings (SSSR count). The molecule has 4 aliphatic rings. The molecule has 4 fully saturated rings. The number of fused-ring (bicyclic) bond motifs is 3. The third kappa shape index (κ3) is 1.69. The third-order valence-electron chi connectivity index (χ3n) is 4.60. The molecule has 0 radical (unpaired) electrons. The van der Waals surface area contributed by atoms with Crippen molar-refractivity contribution in [2.75, 3.05) is 33.3 Å². The van der Waals surface area contributed by atoms with Gasteiger partial charge in [-0.05, 0) is 44.2 Å². The Bertz CT molecular complexity index is 287. The van der Waals surface area contributed by atoms with Crippen molar-refractivity contribution in [1.82, 2.24) is 9.80 Å². The Hall–Kier alpha value is -0.770. The molecule has 0 aliphatic carbocycles. The average Bonchev–Trinajstić information content (AvgIpc) is 2.63. The zero-order valence-electron chi connectivity index (χ0n) is 9.89. The highest BCUT2D eigenvalue weighted by atomic mass is 16.6. The number of cyclic esters (lactones) is 1. The van der Waals surface area contributed by atoms with Crippen LogP contribution in [0.25, 0.3) is 0 Å². The SMILES string of the molecule is CN1C(=O)OCC1CC1CN2CCC1CC2. The lowest BCUT2D eigenvalue weighted by atomic mass is 9.76. The molecule has 2 atom stereocenters. The first-order chi connectivity index (χ1) is 7.74. The van der Waals surface area contributed by atoms with E-state index in [0.29, 0.717) is 12.6 Å². The van der Waals surface area contributed by atoms with Crippen LogP contribution < -0.4 is 0 Å². The summed E-state index contributed by atoms with van der Waals surface area (Å²) >= 11 is 0. The molecule has 4 heterocycles. The predicted octanol–water partition coefficient (Wildman–Crippen LogP) is 1.17. The molecule has 16 heavy (non-hydrogen) atoms. The first-order valence-electron chi connectivity index (χ1n) is 6.36. The molecule has 1 amide bonds. The highest BCUT2D eigenvalue weighted by Gasteiger charge is 2.38. The molecule has 4 aliphatic heterocycles. The molecule has 0 N–H and O–H groups in total. The van der Waals surface area contributed by atoms with Gasteiger partial charge in [-0.3, -0.25) is 0 Å². The van der Waals surface area contributed by atoms with E-state index in [1.807, 2.05) is 7.05 Å². The topological polar surface area (TPSA) is 32.8 Å². The van der Waals surface area contributed by atoms with Crippen LogP contribution in [0.4, 0.5) is 4.79 Å². The standard InChI is InChI=1S/C12H20N2O2/c1-13-11(8-16-12(13)15)6-10-7-14-4-2-9(10)3-5-14/h9-11H,2-8H2,1H3. The second-order valence-corrected chi connectivity index (χ2v) is 5.48. The fourth-order valence-electron chi connectivity index (χ4n) is 3.46. The molecule has 2 unspecified atom stereocenters. The van der Waals surface area contributed by atoms with Crippen LogP contribution in [-0.4, -0.2) is 55.2 Å². The van der Waals surface area contributed by atoms with Gasteiger partial charge in [-0.25, -0.2) is 4.79 Å².